The molecular weight excluding hydrogens is 582 g/mol. The largest absolute Gasteiger partial charge is 0.270 e. The zero-order valence-electron chi connectivity index (χ0n) is 25.0. The van der Waals surface area contributed by atoms with Crippen molar-refractivity contribution in [2.75, 3.05) is 0 Å². The van der Waals surface area contributed by atoms with Crippen LogP contribution in [0.5, 0.6) is 0 Å². The number of fused-ring (bicyclic) bond motifs is 2. The van der Waals surface area contributed by atoms with E-state index in [-0.39, 0.29) is 72.5 Å². The Labute approximate surface area is 270 Å². The topological polar surface area (TPSA) is 156 Å². The summed E-state index contributed by atoms with van der Waals surface area (Å²) in [4.78, 5) is 10.6. The molecular formula is C38H15N9. The van der Waals surface area contributed by atoms with Gasteiger partial charge in [-0.05, 0) is 82.5 Å². The summed E-state index contributed by atoms with van der Waals surface area (Å²) in [6.07, 6.45) is 0. The fourth-order valence-corrected chi connectivity index (χ4v) is 6.04. The molecule has 0 unspecified atom stereocenters. The highest BCUT2D eigenvalue weighted by atomic mass is 14.7. The van der Waals surface area contributed by atoms with Gasteiger partial charge in [0, 0.05) is 16.7 Å². The van der Waals surface area contributed by atoms with Crippen molar-refractivity contribution in [3.63, 3.8) is 0 Å². The van der Waals surface area contributed by atoms with Gasteiger partial charge in [0.25, 0.3) is 11.4 Å². The quantitative estimate of drug-likeness (QED) is 0.217. The molecule has 0 radical (unpaired) electrons. The molecule has 47 heavy (non-hydrogen) atoms. The van der Waals surface area contributed by atoms with Crippen LogP contribution in [0.3, 0.4) is 0 Å². The van der Waals surface area contributed by atoms with Gasteiger partial charge in [-0.3, -0.25) is 0 Å². The van der Waals surface area contributed by atoms with Crippen molar-refractivity contribution in [3.8, 4) is 36.4 Å². The monoisotopic (exact) mass is 597 g/mol. The third-order valence-corrected chi connectivity index (χ3v) is 8.27. The first-order valence-corrected chi connectivity index (χ1v) is 13.7. The highest BCUT2D eigenvalue weighted by Gasteiger charge is 2.43. The van der Waals surface area contributed by atoms with Gasteiger partial charge < -0.3 is 0 Å². The molecule has 0 fully saturated rings. The van der Waals surface area contributed by atoms with Gasteiger partial charge in [0.1, 0.15) is 12.1 Å². The summed E-state index contributed by atoms with van der Waals surface area (Å²) in [5.74, 6) is 0. The second-order valence-electron chi connectivity index (χ2n) is 10.5. The number of allylic oxidation sites excluding steroid dienone is 7. The Kier molecular flexibility index (Phi) is 7.53. The molecule has 0 amide bonds. The van der Waals surface area contributed by atoms with Gasteiger partial charge >= 0.3 is 0 Å². The maximum Gasteiger partial charge on any atom is 0.270 e. The minimum Gasteiger partial charge on any atom is -0.237 e. The van der Waals surface area contributed by atoms with E-state index in [1.807, 2.05) is 32.1 Å². The number of nitriles is 6. The van der Waals surface area contributed by atoms with Crippen LogP contribution in [0.15, 0.2) is 47.8 Å². The molecule has 2 aliphatic carbocycles. The highest BCUT2D eigenvalue weighted by Crippen LogP contribution is 2.58. The van der Waals surface area contributed by atoms with Crippen LogP contribution in [-0.4, -0.2) is 0 Å². The summed E-state index contributed by atoms with van der Waals surface area (Å²) >= 11 is 0. The lowest BCUT2D eigenvalue weighted by Crippen LogP contribution is -2.04. The molecule has 5 rings (SSSR count). The van der Waals surface area contributed by atoms with Gasteiger partial charge in [0.05, 0.1) is 66.3 Å². The summed E-state index contributed by atoms with van der Waals surface area (Å²) in [6, 6.07) is 22.2. The Bertz CT molecular complexity index is 2540. The van der Waals surface area contributed by atoms with E-state index in [0.717, 1.165) is 11.1 Å². The number of hydrogen-bond donors (Lipinski definition) is 0. The number of benzene rings is 3. The third-order valence-electron chi connectivity index (χ3n) is 8.27. The first-order chi connectivity index (χ1) is 22.7. The van der Waals surface area contributed by atoms with E-state index in [2.05, 4.69) is 38.8 Å². The van der Waals surface area contributed by atoms with Crippen LogP contribution < -0.4 is 0 Å². The molecule has 0 saturated carbocycles. The maximum atomic E-state index is 10.8. The average Bonchev–Trinajstić information content (AvgIpc) is 3.60. The van der Waals surface area contributed by atoms with Gasteiger partial charge in [-0.2, -0.15) is 21.0 Å². The zero-order chi connectivity index (χ0) is 34.2. The second-order valence-corrected chi connectivity index (χ2v) is 10.5. The summed E-state index contributed by atoms with van der Waals surface area (Å²) in [5, 5.41) is 62.2. The molecule has 3 aromatic rings. The first kappa shape index (κ1) is 30.5. The number of rotatable bonds is 2. The number of nitrogens with zero attached hydrogens (tertiary/aromatic N) is 9. The van der Waals surface area contributed by atoms with Crippen molar-refractivity contribution in [1.29, 1.82) is 31.6 Å². The van der Waals surface area contributed by atoms with Crippen molar-refractivity contribution < 1.29 is 0 Å². The lowest BCUT2D eigenvalue weighted by Gasteiger charge is -2.17. The summed E-state index contributed by atoms with van der Waals surface area (Å²) in [7, 11) is 0. The van der Waals surface area contributed by atoms with Crippen molar-refractivity contribution in [3.05, 3.63) is 149 Å². The van der Waals surface area contributed by atoms with E-state index in [1.165, 1.54) is 6.07 Å². The zero-order valence-corrected chi connectivity index (χ0v) is 25.0. The number of aryl methyl sites for hydroxylation is 3. The van der Waals surface area contributed by atoms with Crippen LogP contribution in [0.2, 0.25) is 0 Å². The van der Waals surface area contributed by atoms with E-state index < -0.39 is 11.4 Å². The van der Waals surface area contributed by atoms with Crippen LogP contribution in [0.1, 0.15) is 66.8 Å². The molecule has 9 nitrogen and oxygen atoms in total. The van der Waals surface area contributed by atoms with Crippen LogP contribution in [-0.2, 0) is 0 Å². The first-order valence-electron chi connectivity index (χ1n) is 13.7. The minimum absolute atomic E-state index is 0.0216. The molecule has 0 heterocycles. The lowest BCUT2D eigenvalue weighted by atomic mass is 9.83. The molecule has 0 saturated heterocycles. The minimum atomic E-state index is -0.471. The second kappa shape index (κ2) is 11.6. The van der Waals surface area contributed by atoms with E-state index in [1.54, 1.807) is 31.2 Å². The van der Waals surface area contributed by atoms with Crippen molar-refractivity contribution in [1.82, 2.24) is 0 Å². The molecule has 212 valence electrons. The predicted octanol–water partition coefficient (Wildman–Crippen LogP) is 7.78. The molecule has 0 aliphatic heterocycles. The van der Waals surface area contributed by atoms with E-state index >= 15 is 0 Å². The van der Waals surface area contributed by atoms with E-state index in [4.69, 9.17) is 19.7 Å². The molecule has 0 atom stereocenters. The van der Waals surface area contributed by atoms with Crippen LogP contribution >= 0.6 is 0 Å². The molecule has 2 aliphatic rings. The molecule has 0 spiro atoms. The Morgan fingerprint density at radius 2 is 1.11 bits per heavy atom. The maximum absolute atomic E-state index is 10.8. The Morgan fingerprint density at radius 3 is 1.60 bits per heavy atom. The summed E-state index contributed by atoms with van der Waals surface area (Å²) in [5.41, 5.74) is 1.94. The molecule has 3 aromatic carbocycles. The number of hydrogen-bond acceptors (Lipinski definition) is 6. The van der Waals surface area contributed by atoms with Crippen LogP contribution in [0, 0.1) is 108 Å². The highest BCUT2D eigenvalue weighted by molar-refractivity contribution is 6.31. The van der Waals surface area contributed by atoms with Gasteiger partial charge in [-0.25, -0.2) is 25.1 Å². The van der Waals surface area contributed by atoms with E-state index in [9.17, 15) is 31.6 Å². The Balaban J connectivity index is 2.11. The van der Waals surface area contributed by atoms with E-state index in [0.29, 0.717) is 16.7 Å². The smallest absolute Gasteiger partial charge is 0.237 e. The van der Waals surface area contributed by atoms with Gasteiger partial charge in [0.15, 0.2) is 0 Å². The predicted molar refractivity (Wildman–Crippen MR) is 172 cm³/mol. The summed E-state index contributed by atoms with van der Waals surface area (Å²) in [6.45, 7) is 29.4. The standard InChI is InChI=1S/C38H15N9/c1-19-7-9-22(11-21(19)3)31-37(29(18-44)46-5)34-26(15-41)32-25(14-40)30(23-10-8-20(2)24(12-23)13-39)36(28(17-43)45-4)33(32)27(16-42)35(34)38(31)47-6/h7-12H,1-3H3/b36-28-,37-29+. The van der Waals surface area contributed by atoms with Crippen LogP contribution in [0.25, 0.3) is 48.1 Å². The molecule has 0 bridgehead atoms. The van der Waals surface area contributed by atoms with Crippen molar-refractivity contribution >= 4 is 33.6 Å². The van der Waals surface area contributed by atoms with Gasteiger partial charge in [0.2, 0.25) is 5.70 Å². The molecule has 9 heteroatoms. The third kappa shape index (κ3) is 4.23. The molecule has 0 N–H and O–H groups in total. The Morgan fingerprint density at radius 1 is 0.574 bits per heavy atom. The normalized spacial score (nSPS) is 14.4. The average molecular weight is 598 g/mol. The van der Waals surface area contributed by atoms with Crippen LogP contribution in [0.4, 0.5) is 0 Å². The fourth-order valence-electron chi connectivity index (χ4n) is 6.04. The lowest BCUT2D eigenvalue weighted by molar-refractivity contribution is 1.33. The van der Waals surface area contributed by atoms with Gasteiger partial charge in [-0.1, -0.05) is 30.3 Å². The molecule has 0 aromatic heterocycles. The van der Waals surface area contributed by atoms with Crippen molar-refractivity contribution in [2.45, 2.75) is 20.8 Å². The SMILES string of the molecule is [C-]#[N+]C1=C(c2ccc(C)c(C)c2)/C(=C(/C#N)[N+]#[C-])c2c(C#N)c3c(c(C#N)c21)/C(=C(/C#N)[N+]#[C-])C(c1ccc(C)c(C#N)c1)=C3C#N. The Hall–Kier alpha value is -7.97. The van der Waals surface area contributed by atoms with Gasteiger partial charge in [-0.15, -0.1) is 0 Å². The van der Waals surface area contributed by atoms with Crippen molar-refractivity contribution in [2.24, 2.45) is 0 Å². The fraction of sp³-hybridized carbons (Fsp3) is 0.0789. The summed E-state index contributed by atoms with van der Waals surface area (Å²) < 4.78 is 0.